The first-order valence-corrected chi connectivity index (χ1v) is 17.0. The molecule has 2 aliphatic rings. The van der Waals surface area contributed by atoms with Crippen molar-refractivity contribution in [1.82, 2.24) is 0 Å². The summed E-state index contributed by atoms with van der Waals surface area (Å²) in [6, 6.07) is 6.14. The van der Waals surface area contributed by atoms with E-state index in [2.05, 4.69) is 100 Å². The van der Waals surface area contributed by atoms with Crippen molar-refractivity contribution >= 4 is 11.4 Å². The molecule has 2 N–H and O–H groups in total. The number of benzene rings is 2. The van der Waals surface area contributed by atoms with Crippen LogP contribution in [0, 0.1) is 77.0 Å². The van der Waals surface area contributed by atoms with E-state index in [9.17, 15) is 0 Å². The third kappa shape index (κ3) is 6.37. The Morgan fingerprint density at radius 1 is 0.659 bits per heavy atom. The van der Waals surface area contributed by atoms with Crippen molar-refractivity contribution in [3.63, 3.8) is 0 Å². The van der Waals surface area contributed by atoms with Gasteiger partial charge in [-0.3, -0.25) is 0 Å². The van der Waals surface area contributed by atoms with E-state index < -0.39 is 0 Å². The molecule has 0 radical (unpaired) electrons. The Hall–Kier alpha value is -1.96. The molecule has 4 rings (SSSR count). The molecule has 6 unspecified atom stereocenters. The van der Waals surface area contributed by atoms with Crippen LogP contribution in [0.1, 0.15) is 125 Å². The fourth-order valence-electron chi connectivity index (χ4n) is 8.83. The molecule has 228 valence electrons. The van der Waals surface area contributed by atoms with Gasteiger partial charge in [0.1, 0.15) is 0 Å². The van der Waals surface area contributed by atoms with E-state index in [4.69, 9.17) is 5.73 Å². The number of nitrogens with zero attached hydrogens (tertiary/aromatic N) is 1. The highest BCUT2D eigenvalue weighted by Crippen LogP contribution is 2.47. The predicted octanol–water partition coefficient (Wildman–Crippen LogP) is 10.4. The minimum Gasteiger partial charge on any atom is -0.398 e. The Kier molecular flexibility index (Phi) is 9.92. The number of anilines is 2. The Morgan fingerprint density at radius 2 is 1.10 bits per heavy atom. The normalized spacial score (nSPS) is 27.1. The van der Waals surface area contributed by atoms with Crippen LogP contribution in [0.2, 0.25) is 0 Å². The molecule has 2 heteroatoms. The largest absolute Gasteiger partial charge is 0.398 e. The van der Waals surface area contributed by atoms with Gasteiger partial charge in [-0.25, -0.2) is 0 Å². The summed E-state index contributed by atoms with van der Waals surface area (Å²) in [4.78, 5) is 3.07. The molecular weight excluding hydrogens is 496 g/mol. The van der Waals surface area contributed by atoms with Gasteiger partial charge in [0.15, 0.2) is 0 Å². The van der Waals surface area contributed by atoms with Gasteiger partial charge in [-0.05, 0) is 154 Å². The Labute approximate surface area is 253 Å². The van der Waals surface area contributed by atoms with Crippen molar-refractivity contribution in [3.8, 4) is 0 Å². The van der Waals surface area contributed by atoms with Gasteiger partial charge in [-0.1, -0.05) is 66.5 Å². The van der Waals surface area contributed by atoms with Crippen LogP contribution in [0.5, 0.6) is 0 Å². The van der Waals surface area contributed by atoms with Crippen molar-refractivity contribution in [2.24, 2.45) is 35.5 Å². The molecule has 41 heavy (non-hydrogen) atoms. The fraction of sp³-hybridized carbons (Fsp3) is 0.692. The lowest BCUT2D eigenvalue weighted by Crippen LogP contribution is -2.56. The maximum absolute atomic E-state index is 6.40. The summed E-state index contributed by atoms with van der Waals surface area (Å²) in [7, 11) is 0. The molecular formula is C39H62N2. The quantitative estimate of drug-likeness (QED) is 0.342. The standard InChI is InChI=1S/C39H62N2/c1-22(2)34-15-13-24(5)17-36(34)41(37-18-25(6)14-16-35(37)23(3)4)39-27(8)20-33(29(10)31(39)12)21-32-19-26(7)38(40)30(11)28(32)9/h19-20,22-25,34-37H,13-18,21,40H2,1-12H3. The summed E-state index contributed by atoms with van der Waals surface area (Å²) in [5.41, 5.74) is 20.1. The Balaban J connectivity index is 1.87. The first-order chi connectivity index (χ1) is 19.2. The average Bonchev–Trinajstić information content (AvgIpc) is 2.90. The second-order valence-electron chi connectivity index (χ2n) is 15.3. The molecule has 2 aromatic rings. The smallest absolute Gasteiger partial charge is 0.0433 e. The SMILES string of the molecule is Cc1cc(Cc2cc(C)c(N(C3CC(C)CCC3C(C)C)C3CC(C)CCC3C(C)C)c(C)c2C)c(C)c(C)c1N. The molecule has 0 bridgehead atoms. The zero-order chi connectivity index (χ0) is 30.3. The van der Waals surface area contributed by atoms with Crippen LogP contribution in [0.15, 0.2) is 12.1 Å². The molecule has 0 saturated heterocycles. The van der Waals surface area contributed by atoms with Crippen LogP contribution in [-0.4, -0.2) is 12.1 Å². The number of hydrogen-bond donors (Lipinski definition) is 1. The molecule has 0 aliphatic heterocycles. The van der Waals surface area contributed by atoms with Crippen LogP contribution in [-0.2, 0) is 6.42 Å². The Morgan fingerprint density at radius 3 is 1.56 bits per heavy atom. The number of nitrogens with two attached hydrogens (primary N) is 1. The van der Waals surface area contributed by atoms with Crippen molar-refractivity contribution in [2.75, 3.05) is 10.6 Å². The minimum atomic E-state index is 0.627. The fourth-order valence-corrected chi connectivity index (χ4v) is 8.83. The topological polar surface area (TPSA) is 29.3 Å². The highest BCUT2D eigenvalue weighted by Gasteiger charge is 2.43. The molecule has 0 heterocycles. The molecule has 0 spiro atoms. The lowest BCUT2D eigenvalue weighted by Gasteiger charge is -2.53. The summed E-state index contributed by atoms with van der Waals surface area (Å²) < 4.78 is 0. The third-order valence-corrected chi connectivity index (χ3v) is 11.8. The number of nitrogen functional groups attached to an aromatic ring is 1. The van der Waals surface area contributed by atoms with Crippen molar-refractivity contribution in [2.45, 2.75) is 140 Å². The summed E-state index contributed by atoms with van der Waals surface area (Å²) in [6.07, 6.45) is 9.17. The van der Waals surface area contributed by atoms with E-state index in [1.54, 1.807) is 5.69 Å². The lowest BCUT2D eigenvalue weighted by molar-refractivity contribution is 0.136. The predicted molar refractivity (Wildman–Crippen MR) is 181 cm³/mol. The van der Waals surface area contributed by atoms with E-state index in [0.717, 1.165) is 47.6 Å². The van der Waals surface area contributed by atoms with Gasteiger partial charge in [0.05, 0.1) is 0 Å². The van der Waals surface area contributed by atoms with E-state index in [-0.39, 0.29) is 0 Å². The maximum Gasteiger partial charge on any atom is 0.0433 e. The zero-order valence-electron chi connectivity index (χ0n) is 28.7. The van der Waals surface area contributed by atoms with Crippen LogP contribution in [0.4, 0.5) is 11.4 Å². The first kappa shape index (κ1) is 32.0. The van der Waals surface area contributed by atoms with Gasteiger partial charge >= 0.3 is 0 Å². The summed E-state index contributed by atoms with van der Waals surface area (Å²) in [5, 5.41) is 0. The van der Waals surface area contributed by atoms with Crippen LogP contribution in [0.25, 0.3) is 0 Å². The summed E-state index contributed by atoms with van der Waals surface area (Å²) >= 11 is 0. The molecule has 2 nitrogen and oxygen atoms in total. The van der Waals surface area contributed by atoms with Gasteiger partial charge in [-0.15, -0.1) is 0 Å². The van der Waals surface area contributed by atoms with Crippen LogP contribution in [0.3, 0.4) is 0 Å². The molecule has 2 saturated carbocycles. The van der Waals surface area contributed by atoms with Crippen LogP contribution < -0.4 is 10.6 Å². The zero-order valence-corrected chi connectivity index (χ0v) is 28.7. The summed E-state index contributed by atoms with van der Waals surface area (Å²) in [5.74, 6) is 4.56. The summed E-state index contributed by atoms with van der Waals surface area (Å²) in [6.45, 7) is 28.8. The molecule has 2 aromatic carbocycles. The highest BCUT2D eigenvalue weighted by atomic mass is 15.2. The maximum atomic E-state index is 6.40. The first-order valence-electron chi connectivity index (χ1n) is 17.0. The van der Waals surface area contributed by atoms with E-state index in [0.29, 0.717) is 12.1 Å². The molecule has 6 atom stereocenters. The molecule has 2 aliphatic carbocycles. The van der Waals surface area contributed by atoms with Crippen molar-refractivity contribution < 1.29 is 0 Å². The van der Waals surface area contributed by atoms with Crippen molar-refractivity contribution in [3.05, 3.63) is 56.6 Å². The van der Waals surface area contributed by atoms with Crippen LogP contribution >= 0.6 is 0 Å². The molecule has 2 fully saturated rings. The van der Waals surface area contributed by atoms with Gasteiger partial charge in [0.2, 0.25) is 0 Å². The number of rotatable bonds is 7. The highest BCUT2D eigenvalue weighted by molar-refractivity contribution is 5.66. The molecule has 0 aromatic heterocycles. The van der Waals surface area contributed by atoms with Gasteiger partial charge < -0.3 is 10.6 Å². The lowest BCUT2D eigenvalue weighted by atomic mass is 9.69. The Bertz CT molecular complexity index is 1190. The van der Waals surface area contributed by atoms with Crippen molar-refractivity contribution in [1.29, 1.82) is 0 Å². The van der Waals surface area contributed by atoms with Gasteiger partial charge in [0.25, 0.3) is 0 Å². The van der Waals surface area contributed by atoms with E-state index >= 15 is 0 Å². The second-order valence-corrected chi connectivity index (χ2v) is 15.3. The van der Waals surface area contributed by atoms with E-state index in [1.807, 2.05) is 0 Å². The van der Waals surface area contributed by atoms with Gasteiger partial charge in [-0.2, -0.15) is 0 Å². The second kappa shape index (κ2) is 12.7. The third-order valence-electron chi connectivity index (χ3n) is 11.8. The molecule has 0 amide bonds. The monoisotopic (exact) mass is 558 g/mol. The number of hydrogen-bond acceptors (Lipinski definition) is 2. The number of aryl methyl sites for hydroxylation is 2. The van der Waals surface area contributed by atoms with E-state index in [1.165, 1.54) is 83.0 Å². The minimum absolute atomic E-state index is 0.627. The van der Waals surface area contributed by atoms with Gasteiger partial charge in [0, 0.05) is 23.5 Å². The average molecular weight is 559 g/mol.